The van der Waals surface area contributed by atoms with Gasteiger partial charge in [0.05, 0.1) is 5.69 Å². The summed E-state index contributed by atoms with van der Waals surface area (Å²) < 4.78 is 1.04. The van der Waals surface area contributed by atoms with Gasteiger partial charge in [0.15, 0.2) is 0 Å². The van der Waals surface area contributed by atoms with Crippen LogP contribution in [0, 0.1) is 12.8 Å². The monoisotopic (exact) mass is 372 g/mol. The Labute approximate surface area is 142 Å². The van der Waals surface area contributed by atoms with Crippen molar-refractivity contribution in [2.75, 3.05) is 0 Å². The molecule has 0 unspecified atom stereocenters. The van der Waals surface area contributed by atoms with E-state index in [1.165, 1.54) is 32.1 Å². The molecule has 1 aliphatic carbocycles. The summed E-state index contributed by atoms with van der Waals surface area (Å²) in [6.45, 7) is 6.42. The van der Waals surface area contributed by atoms with E-state index in [9.17, 15) is 0 Å². The molecular weight excluding hydrogens is 348 g/mol. The maximum atomic E-state index is 5.67. The summed E-state index contributed by atoms with van der Waals surface area (Å²) in [5.74, 6) is 1.04. The van der Waals surface area contributed by atoms with Crippen LogP contribution in [0.15, 0.2) is 12.3 Å². The predicted octanol–water partition coefficient (Wildman–Crippen LogP) is 6.56. The number of nitrogens with zero attached hydrogens (tertiary/aromatic N) is 2. The van der Waals surface area contributed by atoms with E-state index in [0.29, 0.717) is 5.28 Å². The van der Waals surface area contributed by atoms with Crippen molar-refractivity contribution in [2.24, 2.45) is 5.92 Å². The van der Waals surface area contributed by atoms with Gasteiger partial charge in [-0.2, -0.15) is 0 Å². The molecule has 1 aliphatic rings. The third-order valence-electron chi connectivity index (χ3n) is 3.71. The topological polar surface area (TPSA) is 25.8 Å². The summed E-state index contributed by atoms with van der Waals surface area (Å²) in [6, 6.07) is 0. The Morgan fingerprint density at radius 3 is 2.52 bits per heavy atom. The summed E-state index contributed by atoms with van der Waals surface area (Å²) in [7, 11) is 0. The standard InChI is InChI=1S/C10H12BrClN2.C7H14/c1-3-4-5-9(11)8-6-13-10(12)14-7(8)2;1-7-5-3-2-4-6-7/h5-6H,3-4H2,1-2H3;7H,2-6H2,1H3/b9-5+;. The number of unbranched alkanes of at least 4 members (excludes halogenated alkanes) is 1. The minimum atomic E-state index is 0.294. The van der Waals surface area contributed by atoms with Crippen LogP contribution in [0.4, 0.5) is 0 Å². The van der Waals surface area contributed by atoms with Crippen LogP contribution in [0.3, 0.4) is 0 Å². The minimum absolute atomic E-state index is 0.294. The summed E-state index contributed by atoms with van der Waals surface area (Å²) >= 11 is 9.17. The van der Waals surface area contributed by atoms with E-state index in [1.54, 1.807) is 6.20 Å². The Kier molecular flexibility index (Phi) is 9.18. The van der Waals surface area contributed by atoms with Crippen LogP contribution in [-0.2, 0) is 0 Å². The number of aryl methyl sites for hydroxylation is 1. The molecule has 1 aromatic heterocycles. The van der Waals surface area contributed by atoms with Crippen molar-refractivity contribution in [1.29, 1.82) is 0 Å². The summed E-state index contributed by atoms with van der Waals surface area (Å²) in [5, 5.41) is 0.294. The number of halogens is 2. The number of hydrogen-bond acceptors (Lipinski definition) is 2. The lowest BCUT2D eigenvalue weighted by Gasteiger charge is -2.15. The summed E-state index contributed by atoms with van der Waals surface area (Å²) in [4.78, 5) is 8.04. The van der Waals surface area contributed by atoms with Gasteiger partial charge in [0.1, 0.15) is 0 Å². The van der Waals surface area contributed by atoms with Gasteiger partial charge in [-0.05, 0) is 30.9 Å². The third-order valence-corrected chi connectivity index (χ3v) is 4.65. The van der Waals surface area contributed by atoms with E-state index >= 15 is 0 Å². The molecule has 0 radical (unpaired) electrons. The lowest BCUT2D eigenvalue weighted by molar-refractivity contribution is 0.385. The Hall–Kier alpha value is -0.410. The first-order valence-corrected chi connectivity index (χ1v) is 9.06. The van der Waals surface area contributed by atoms with Crippen molar-refractivity contribution < 1.29 is 0 Å². The number of hydrogen-bond donors (Lipinski definition) is 0. The van der Waals surface area contributed by atoms with Gasteiger partial charge in [0, 0.05) is 16.2 Å². The molecule has 118 valence electrons. The molecule has 1 aromatic rings. The molecule has 0 amide bonds. The van der Waals surface area contributed by atoms with Gasteiger partial charge >= 0.3 is 0 Å². The molecule has 0 atom stereocenters. The van der Waals surface area contributed by atoms with Crippen molar-refractivity contribution >= 4 is 32.0 Å². The lowest BCUT2D eigenvalue weighted by atomic mass is 9.91. The second-order valence-corrected chi connectivity index (χ2v) is 6.91. The Morgan fingerprint density at radius 1 is 1.38 bits per heavy atom. The maximum Gasteiger partial charge on any atom is 0.222 e. The van der Waals surface area contributed by atoms with Crippen LogP contribution in [0.25, 0.3) is 4.48 Å². The van der Waals surface area contributed by atoms with Crippen molar-refractivity contribution in [1.82, 2.24) is 9.97 Å². The zero-order valence-electron chi connectivity index (χ0n) is 13.3. The summed E-state index contributed by atoms with van der Waals surface area (Å²) in [5.41, 5.74) is 1.90. The highest BCUT2D eigenvalue weighted by molar-refractivity contribution is 9.15. The largest absolute Gasteiger partial charge is 0.226 e. The van der Waals surface area contributed by atoms with E-state index in [1.807, 2.05) is 6.92 Å². The van der Waals surface area contributed by atoms with E-state index in [2.05, 4.69) is 45.8 Å². The molecule has 0 aliphatic heterocycles. The summed E-state index contributed by atoms with van der Waals surface area (Å²) in [6.07, 6.45) is 13.5. The molecular formula is C17H26BrClN2. The van der Waals surface area contributed by atoms with Gasteiger partial charge in [-0.25, -0.2) is 9.97 Å². The number of allylic oxidation sites excluding steroid dienone is 1. The third kappa shape index (κ3) is 7.42. The Balaban J connectivity index is 0.000000262. The van der Waals surface area contributed by atoms with Crippen LogP contribution in [0.1, 0.15) is 70.1 Å². The molecule has 0 saturated heterocycles. The molecule has 1 fully saturated rings. The van der Waals surface area contributed by atoms with Gasteiger partial charge in [-0.1, -0.05) is 74.4 Å². The van der Waals surface area contributed by atoms with Crippen LogP contribution >= 0.6 is 27.5 Å². The van der Waals surface area contributed by atoms with Crippen LogP contribution in [-0.4, -0.2) is 9.97 Å². The average Bonchev–Trinajstić information content (AvgIpc) is 2.46. The lowest BCUT2D eigenvalue weighted by Crippen LogP contribution is -1.99. The Morgan fingerprint density at radius 2 is 2.05 bits per heavy atom. The van der Waals surface area contributed by atoms with Gasteiger partial charge in [0.2, 0.25) is 5.28 Å². The molecule has 1 heterocycles. The SMILES string of the molecule is CC1CCCCC1.CCC/C=C(/Br)c1cnc(Cl)nc1C. The second-order valence-electron chi connectivity index (χ2n) is 5.72. The fourth-order valence-electron chi connectivity index (χ4n) is 2.36. The zero-order chi connectivity index (χ0) is 15.7. The van der Waals surface area contributed by atoms with Crippen molar-refractivity contribution in [3.8, 4) is 0 Å². The first-order valence-electron chi connectivity index (χ1n) is 7.89. The normalized spacial score (nSPS) is 16.3. The maximum absolute atomic E-state index is 5.67. The van der Waals surface area contributed by atoms with E-state index < -0.39 is 0 Å². The van der Waals surface area contributed by atoms with Gasteiger partial charge in [0.25, 0.3) is 0 Å². The quantitative estimate of drug-likeness (QED) is 0.560. The fourth-order valence-corrected chi connectivity index (χ4v) is 3.15. The first kappa shape index (κ1) is 18.6. The van der Waals surface area contributed by atoms with Crippen molar-refractivity contribution in [3.63, 3.8) is 0 Å². The number of rotatable bonds is 3. The average molecular weight is 374 g/mol. The fraction of sp³-hybridized carbons (Fsp3) is 0.647. The molecule has 21 heavy (non-hydrogen) atoms. The van der Waals surface area contributed by atoms with Crippen LogP contribution < -0.4 is 0 Å². The van der Waals surface area contributed by atoms with Gasteiger partial charge in [-0.3, -0.25) is 0 Å². The molecule has 0 bridgehead atoms. The minimum Gasteiger partial charge on any atom is -0.226 e. The van der Waals surface area contributed by atoms with E-state index in [0.717, 1.165) is 34.5 Å². The van der Waals surface area contributed by atoms with E-state index in [-0.39, 0.29) is 0 Å². The van der Waals surface area contributed by atoms with Crippen molar-refractivity contribution in [2.45, 2.75) is 65.7 Å². The first-order chi connectivity index (χ1) is 10.0. The zero-order valence-corrected chi connectivity index (χ0v) is 15.7. The molecule has 0 spiro atoms. The predicted molar refractivity (Wildman–Crippen MR) is 95.8 cm³/mol. The molecule has 0 aromatic carbocycles. The molecule has 4 heteroatoms. The van der Waals surface area contributed by atoms with Crippen LogP contribution in [0.5, 0.6) is 0 Å². The second kappa shape index (κ2) is 10.3. The molecule has 2 nitrogen and oxygen atoms in total. The number of aromatic nitrogens is 2. The molecule has 2 rings (SSSR count). The van der Waals surface area contributed by atoms with Gasteiger partial charge in [-0.15, -0.1) is 0 Å². The van der Waals surface area contributed by atoms with Gasteiger partial charge < -0.3 is 0 Å². The molecule has 1 saturated carbocycles. The van der Waals surface area contributed by atoms with E-state index in [4.69, 9.17) is 11.6 Å². The molecule has 0 N–H and O–H groups in total. The highest BCUT2D eigenvalue weighted by atomic mass is 79.9. The highest BCUT2D eigenvalue weighted by Gasteiger charge is 2.06. The Bertz CT molecular complexity index is 454. The highest BCUT2D eigenvalue weighted by Crippen LogP contribution is 2.24. The smallest absolute Gasteiger partial charge is 0.222 e. The van der Waals surface area contributed by atoms with Crippen molar-refractivity contribution in [3.05, 3.63) is 28.8 Å². The van der Waals surface area contributed by atoms with Crippen LogP contribution in [0.2, 0.25) is 5.28 Å².